The number of unbranched alkanes of at least 4 members (excludes halogenated alkanes) is 1. The van der Waals surface area contributed by atoms with Crippen molar-refractivity contribution in [1.29, 1.82) is 0 Å². The van der Waals surface area contributed by atoms with E-state index in [4.69, 9.17) is 14.2 Å². The van der Waals surface area contributed by atoms with Gasteiger partial charge in [-0.2, -0.15) is 0 Å². The van der Waals surface area contributed by atoms with E-state index in [1.54, 1.807) is 26.0 Å². The maximum atomic E-state index is 11.4. The van der Waals surface area contributed by atoms with Crippen molar-refractivity contribution in [2.24, 2.45) is 0 Å². The highest BCUT2D eigenvalue weighted by Gasteiger charge is 2.43. The number of aryl methyl sites for hydroxylation is 1. The maximum Gasteiger partial charge on any atom is 0.293 e. The summed E-state index contributed by atoms with van der Waals surface area (Å²) in [6.45, 7) is 0.650. The molecular weight excluding hydrogens is 396 g/mol. The van der Waals surface area contributed by atoms with Crippen molar-refractivity contribution in [3.05, 3.63) is 54.1 Å². The first-order valence-corrected chi connectivity index (χ1v) is 11.6. The second-order valence-corrected chi connectivity index (χ2v) is 9.12. The predicted molar refractivity (Wildman–Crippen MR) is 122 cm³/mol. The number of carbonyl (C=O) groups excluding carboxylic acids is 1. The lowest BCUT2D eigenvalue weighted by Gasteiger charge is -2.35. The Labute approximate surface area is 184 Å². The van der Waals surface area contributed by atoms with Gasteiger partial charge in [0.05, 0.1) is 14.2 Å². The first-order valence-electron chi connectivity index (χ1n) is 10.7. The summed E-state index contributed by atoms with van der Waals surface area (Å²) in [5.41, 5.74) is 1.01. The van der Waals surface area contributed by atoms with Gasteiger partial charge in [0.15, 0.2) is 11.5 Å². The van der Waals surface area contributed by atoms with Crippen molar-refractivity contribution in [1.82, 2.24) is 0 Å². The molecule has 0 aromatic heterocycles. The van der Waals surface area contributed by atoms with E-state index in [2.05, 4.69) is 36.4 Å². The molecule has 1 fully saturated rings. The van der Waals surface area contributed by atoms with E-state index in [-0.39, 0.29) is 10.9 Å². The van der Waals surface area contributed by atoms with E-state index >= 15 is 0 Å². The molecule has 1 aliphatic rings. The Hall–Kier alpha value is -2.14. The third kappa shape index (κ3) is 5.72. The van der Waals surface area contributed by atoms with Crippen molar-refractivity contribution in [2.75, 3.05) is 14.2 Å². The van der Waals surface area contributed by atoms with Crippen LogP contribution in [-0.2, 0) is 16.0 Å². The third-order valence-electron chi connectivity index (χ3n) is 5.98. The van der Waals surface area contributed by atoms with E-state index in [0.717, 1.165) is 67.8 Å². The van der Waals surface area contributed by atoms with E-state index in [1.165, 1.54) is 5.56 Å². The summed E-state index contributed by atoms with van der Waals surface area (Å²) in [5, 5.41) is 0.221. The van der Waals surface area contributed by atoms with Gasteiger partial charge in [0.2, 0.25) is 0 Å². The SMILES string of the molecule is COc1ccc(SC(CCCCc2ccccc2)C2(OC=O)CCCC2)cc1OC. The molecule has 1 saturated carbocycles. The lowest BCUT2D eigenvalue weighted by Crippen LogP contribution is -2.40. The van der Waals surface area contributed by atoms with Crippen molar-refractivity contribution < 1.29 is 19.0 Å². The van der Waals surface area contributed by atoms with Gasteiger partial charge >= 0.3 is 0 Å². The highest BCUT2D eigenvalue weighted by molar-refractivity contribution is 8.00. The van der Waals surface area contributed by atoms with Crippen molar-refractivity contribution in [2.45, 2.75) is 67.1 Å². The van der Waals surface area contributed by atoms with Gasteiger partial charge in [-0.25, -0.2) is 0 Å². The second-order valence-electron chi connectivity index (χ2n) is 7.84. The van der Waals surface area contributed by atoms with Gasteiger partial charge in [0.25, 0.3) is 6.47 Å². The average Bonchev–Trinajstić information content (AvgIpc) is 3.26. The number of hydrogen-bond donors (Lipinski definition) is 0. The lowest BCUT2D eigenvalue weighted by atomic mass is 9.92. The molecule has 0 radical (unpaired) electrons. The Kier molecular flexibility index (Phi) is 8.50. The summed E-state index contributed by atoms with van der Waals surface area (Å²) in [4.78, 5) is 12.5. The smallest absolute Gasteiger partial charge is 0.293 e. The summed E-state index contributed by atoms with van der Waals surface area (Å²) in [6, 6.07) is 16.6. The highest BCUT2D eigenvalue weighted by Crippen LogP contribution is 2.46. The number of methoxy groups -OCH3 is 2. The first kappa shape index (κ1) is 22.5. The van der Waals surface area contributed by atoms with E-state index < -0.39 is 0 Å². The molecule has 0 aliphatic heterocycles. The molecule has 1 unspecified atom stereocenters. The zero-order valence-corrected chi connectivity index (χ0v) is 18.8. The van der Waals surface area contributed by atoms with E-state index in [0.29, 0.717) is 6.47 Å². The quantitative estimate of drug-likeness (QED) is 0.233. The van der Waals surface area contributed by atoms with Gasteiger partial charge < -0.3 is 14.2 Å². The highest BCUT2D eigenvalue weighted by atomic mass is 32.2. The molecule has 2 aromatic rings. The van der Waals surface area contributed by atoms with Crippen LogP contribution >= 0.6 is 11.8 Å². The van der Waals surface area contributed by atoms with Crippen molar-refractivity contribution >= 4 is 18.2 Å². The van der Waals surface area contributed by atoms with Gasteiger partial charge in [-0.05, 0) is 68.7 Å². The van der Waals surface area contributed by atoms with Crippen LogP contribution in [0.4, 0.5) is 0 Å². The molecule has 0 spiro atoms. The Bertz CT molecular complexity index is 787. The summed E-state index contributed by atoms with van der Waals surface area (Å²) in [7, 11) is 3.30. The zero-order chi connectivity index (χ0) is 21.2. The number of ether oxygens (including phenoxy) is 3. The molecule has 0 amide bonds. The molecule has 0 bridgehead atoms. The van der Waals surface area contributed by atoms with E-state index in [1.807, 2.05) is 12.1 Å². The fourth-order valence-corrected chi connectivity index (χ4v) is 5.81. The fourth-order valence-electron chi connectivity index (χ4n) is 4.37. The van der Waals surface area contributed by atoms with Gasteiger partial charge in [0, 0.05) is 10.1 Å². The van der Waals surface area contributed by atoms with Crippen molar-refractivity contribution in [3.8, 4) is 11.5 Å². The summed E-state index contributed by atoms with van der Waals surface area (Å²) < 4.78 is 16.6. The second kappa shape index (κ2) is 11.3. The Balaban J connectivity index is 1.71. The number of hydrogen-bond acceptors (Lipinski definition) is 5. The van der Waals surface area contributed by atoms with Crippen LogP contribution in [0.5, 0.6) is 11.5 Å². The Morgan fingerprint density at radius 3 is 2.40 bits per heavy atom. The average molecular weight is 429 g/mol. The van der Waals surface area contributed by atoms with Crippen LogP contribution in [-0.4, -0.2) is 31.5 Å². The molecule has 0 N–H and O–H groups in total. The number of rotatable bonds is 12. The van der Waals surface area contributed by atoms with Crippen LogP contribution in [0.3, 0.4) is 0 Å². The minimum Gasteiger partial charge on any atom is -0.493 e. The van der Waals surface area contributed by atoms with Crippen LogP contribution in [0.2, 0.25) is 0 Å². The molecule has 0 heterocycles. The Morgan fingerprint density at radius 2 is 1.73 bits per heavy atom. The monoisotopic (exact) mass is 428 g/mol. The molecule has 1 atom stereocenters. The van der Waals surface area contributed by atoms with E-state index in [9.17, 15) is 4.79 Å². The molecule has 1 aliphatic carbocycles. The minimum atomic E-state index is -0.369. The number of thioether (sulfide) groups is 1. The van der Waals surface area contributed by atoms with Crippen LogP contribution < -0.4 is 9.47 Å². The molecule has 2 aromatic carbocycles. The standard InChI is InChI=1S/C25H32O4S/c1-27-22-15-14-21(18-23(22)28-2)30-24(25(29-19-26)16-8-9-17-25)13-7-6-12-20-10-4-3-5-11-20/h3-5,10-11,14-15,18-19,24H,6-9,12-13,16-17H2,1-2H3. The van der Waals surface area contributed by atoms with Crippen LogP contribution in [0.1, 0.15) is 50.5 Å². The fraction of sp³-hybridized carbons (Fsp3) is 0.480. The number of benzene rings is 2. The van der Waals surface area contributed by atoms with Crippen LogP contribution in [0.15, 0.2) is 53.4 Å². The summed E-state index contributed by atoms with van der Waals surface area (Å²) >= 11 is 1.80. The first-order chi connectivity index (χ1) is 14.7. The van der Waals surface area contributed by atoms with Crippen LogP contribution in [0, 0.1) is 0 Å². The topological polar surface area (TPSA) is 44.8 Å². The number of carbonyl (C=O) groups is 1. The third-order valence-corrected chi connectivity index (χ3v) is 7.45. The summed E-state index contributed by atoms with van der Waals surface area (Å²) in [6.07, 6.45) is 8.43. The molecule has 5 heteroatoms. The van der Waals surface area contributed by atoms with Gasteiger partial charge in [0.1, 0.15) is 5.60 Å². The Morgan fingerprint density at radius 1 is 1.00 bits per heavy atom. The van der Waals surface area contributed by atoms with Crippen molar-refractivity contribution in [3.63, 3.8) is 0 Å². The molecule has 3 rings (SSSR count). The summed E-state index contributed by atoms with van der Waals surface area (Å²) in [5.74, 6) is 1.45. The normalized spacial score (nSPS) is 16.1. The van der Waals surface area contributed by atoms with Gasteiger partial charge in [-0.1, -0.05) is 36.8 Å². The lowest BCUT2D eigenvalue weighted by molar-refractivity contribution is -0.143. The molecule has 4 nitrogen and oxygen atoms in total. The predicted octanol–water partition coefficient (Wildman–Crippen LogP) is 6.06. The zero-order valence-electron chi connectivity index (χ0n) is 18.0. The largest absolute Gasteiger partial charge is 0.493 e. The van der Waals surface area contributed by atoms with Crippen LogP contribution in [0.25, 0.3) is 0 Å². The molecular formula is C25H32O4S. The maximum absolute atomic E-state index is 11.4. The van der Waals surface area contributed by atoms with Gasteiger partial charge in [-0.15, -0.1) is 11.8 Å². The molecule has 0 saturated heterocycles. The minimum absolute atomic E-state index is 0.221. The molecule has 162 valence electrons. The molecule has 30 heavy (non-hydrogen) atoms. The van der Waals surface area contributed by atoms with Gasteiger partial charge in [-0.3, -0.25) is 4.79 Å².